The number of guanidine groups is 2. The van der Waals surface area contributed by atoms with Crippen LogP contribution < -0.4 is 16.0 Å². The molecule has 0 saturated carbocycles. The van der Waals surface area contributed by atoms with Crippen LogP contribution in [-0.4, -0.2) is 48.0 Å². The molecule has 2 heterocycles. The maximum absolute atomic E-state index is 7.74. The van der Waals surface area contributed by atoms with E-state index in [9.17, 15) is 0 Å². The minimum atomic E-state index is -0.202. The Morgan fingerprint density at radius 2 is 1.94 bits per heavy atom. The molecule has 0 spiro atoms. The smallest absolute Gasteiger partial charge is 0.198 e. The summed E-state index contributed by atoms with van der Waals surface area (Å²) in [6.45, 7) is 3.04. The van der Waals surface area contributed by atoms with E-state index in [1.807, 2.05) is 23.1 Å². The van der Waals surface area contributed by atoms with E-state index in [4.69, 9.17) is 16.6 Å². The van der Waals surface area contributed by atoms with Crippen molar-refractivity contribution in [3.05, 3.63) is 24.4 Å². The van der Waals surface area contributed by atoms with Crippen molar-refractivity contribution in [3.8, 4) is 0 Å². The van der Waals surface area contributed by atoms with Gasteiger partial charge in [0, 0.05) is 32.4 Å². The van der Waals surface area contributed by atoms with E-state index in [0.717, 1.165) is 32.0 Å². The second-order valence-corrected chi connectivity index (χ2v) is 4.05. The third-order valence-corrected chi connectivity index (χ3v) is 2.82. The summed E-state index contributed by atoms with van der Waals surface area (Å²) >= 11 is 0. The minimum absolute atomic E-state index is 0.183. The average Bonchev–Trinajstić information content (AvgIpc) is 2.39. The van der Waals surface area contributed by atoms with Crippen LogP contribution in [-0.2, 0) is 0 Å². The van der Waals surface area contributed by atoms with Crippen molar-refractivity contribution >= 4 is 17.7 Å². The largest absolute Gasteiger partial charge is 0.370 e. The van der Waals surface area contributed by atoms with Gasteiger partial charge in [0.15, 0.2) is 11.9 Å². The molecule has 18 heavy (non-hydrogen) atoms. The molecule has 7 heteroatoms. The van der Waals surface area contributed by atoms with Crippen LogP contribution in [0.25, 0.3) is 0 Å². The van der Waals surface area contributed by atoms with Crippen molar-refractivity contribution in [1.82, 2.24) is 15.2 Å². The van der Waals surface area contributed by atoms with E-state index in [1.165, 1.54) is 0 Å². The Hall–Kier alpha value is -2.31. The van der Waals surface area contributed by atoms with Gasteiger partial charge in [-0.25, -0.2) is 4.98 Å². The van der Waals surface area contributed by atoms with Crippen LogP contribution in [0, 0.1) is 10.8 Å². The summed E-state index contributed by atoms with van der Waals surface area (Å²) < 4.78 is 0. The van der Waals surface area contributed by atoms with Gasteiger partial charge in [-0.1, -0.05) is 6.07 Å². The van der Waals surface area contributed by atoms with Gasteiger partial charge in [-0.2, -0.15) is 0 Å². The Labute approximate surface area is 106 Å². The fourth-order valence-electron chi connectivity index (χ4n) is 1.91. The van der Waals surface area contributed by atoms with Crippen LogP contribution in [0.1, 0.15) is 0 Å². The van der Waals surface area contributed by atoms with Gasteiger partial charge < -0.3 is 15.5 Å². The molecular formula is C11H17N7. The van der Waals surface area contributed by atoms with Crippen LogP contribution in [0.5, 0.6) is 0 Å². The molecule has 2 rings (SSSR count). The van der Waals surface area contributed by atoms with E-state index < -0.39 is 0 Å². The fourth-order valence-corrected chi connectivity index (χ4v) is 1.91. The van der Waals surface area contributed by atoms with Crippen LogP contribution in [0.15, 0.2) is 24.4 Å². The zero-order valence-corrected chi connectivity index (χ0v) is 10.1. The van der Waals surface area contributed by atoms with Gasteiger partial charge in [0.25, 0.3) is 0 Å². The summed E-state index contributed by atoms with van der Waals surface area (Å²) in [4.78, 5) is 8.34. The monoisotopic (exact) mass is 247 g/mol. The Morgan fingerprint density at radius 1 is 1.22 bits per heavy atom. The maximum Gasteiger partial charge on any atom is 0.198 e. The maximum atomic E-state index is 7.74. The Kier molecular flexibility index (Phi) is 3.61. The van der Waals surface area contributed by atoms with Crippen LogP contribution in [0.2, 0.25) is 0 Å². The Morgan fingerprint density at radius 3 is 2.50 bits per heavy atom. The highest BCUT2D eigenvalue weighted by molar-refractivity contribution is 5.94. The first-order valence-corrected chi connectivity index (χ1v) is 5.77. The first-order valence-electron chi connectivity index (χ1n) is 5.77. The third-order valence-electron chi connectivity index (χ3n) is 2.82. The SMILES string of the molecule is N=C(N)NC(=N)N1CCN(c2ccccn2)CC1. The fraction of sp³-hybridized carbons (Fsp3) is 0.364. The number of nitrogens with two attached hydrogens (primary N) is 1. The zero-order chi connectivity index (χ0) is 13.0. The molecule has 96 valence electrons. The molecule has 0 aliphatic carbocycles. The van der Waals surface area contributed by atoms with Crippen molar-refractivity contribution in [3.63, 3.8) is 0 Å². The third kappa shape index (κ3) is 2.88. The minimum Gasteiger partial charge on any atom is -0.370 e. The number of nitrogens with one attached hydrogen (secondary N) is 3. The lowest BCUT2D eigenvalue weighted by Gasteiger charge is -2.36. The van der Waals surface area contributed by atoms with Gasteiger partial charge in [-0.05, 0) is 12.1 Å². The quantitative estimate of drug-likeness (QED) is 0.400. The summed E-state index contributed by atoms with van der Waals surface area (Å²) in [6.07, 6.45) is 1.78. The second kappa shape index (κ2) is 5.35. The molecule has 0 atom stereocenters. The van der Waals surface area contributed by atoms with Gasteiger partial charge >= 0.3 is 0 Å². The number of hydrogen-bond donors (Lipinski definition) is 4. The Balaban J connectivity index is 1.88. The van der Waals surface area contributed by atoms with E-state index >= 15 is 0 Å². The van der Waals surface area contributed by atoms with Gasteiger partial charge in [0.1, 0.15) is 5.82 Å². The molecule has 1 aliphatic rings. The second-order valence-electron chi connectivity index (χ2n) is 4.05. The standard InChI is InChI=1S/C11H17N7/c12-10(13)16-11(14)18-7-5-17(6-8-18)9-3-1-2-4-15-9/h1-4H,5-8H2,(H5,12,13,14,16). The average molecular weight is 247 g/mol. The molecule has 1 saturated heterocycles. The van der Waals surface area contributed by atoms with Crippen molar-refractivity contribution < 1.29 is 0 Å². The molecule has 0 radical (unpaired) electrons. The number of rotatable bonds is 1. The number of anilines is 1. The lowest BCUT2D eigenvalue weighted by Crippen LogP contribution is -2.54. The van der Waals surface area contributed by atoms with E-state index in [-0.39, 0.29) is 11.9 Å². The van der Waals surface area contributed by atoms with Crippen LogP contribution >= 0.6 is 0 Å². The summed E-state index contributed by atoms with van der Waals surface area (Å²) in [5, 5.41) is 17.3. The molecule has 0 unspecified atom stereocenters. The van der Waals surface area contributed by atoms with Gasteiger partial charge in [0.2, 0.25) is 0 Å². The molecule has 0 bridgehead atoms. The van der Waals surface area contributed by atoms with E-state index in [0.29, 0.717) is 0 Å². The van der Waals surface area contributed by atoms with Crippen LogP contribution in [0.4, 0.5) is 5.82 Å². The Bertz CT molecular complexity index is 422. The van der Waals surface area contributed by atoms with Crippen molar-refractivity contribution in [1.29, 1.82) is 10.8 Å². The summed E-state index contributed by atoms with van der Waals surface area (Å²) in [6, 6.07) is 5.84. The molecule has 1 aromatic heterocycles. The highest BCUT2D eigenvalue weighted by Gasteiger charge is 2.19. The zero-order valence-electron chi connectivity index (χ0n) is 10.1. The highest BCUT2D eigenvalue weighted by Crippen LogP contribution is 2.12. The number of hydrogen-bond acceptors (Lipinski definition) is 4. The van der Waals surface area contributed by atoms with Crippen molar-refractivity contribution in [2.45, 2.75) is 0 Å². The van der Waals surface area contributed by atoms with Crippen molar-refractivity contribution in [2.24, 2.45) is 5.73 Å². The first kappa shape index (κ1) is 12.2. The lowest BCUT2D eigenvalue weighted by atomic mass is 10.3. The number of aromatic nitrogens is 1. The number of piperazine rings is 1. The molecule has 5 N–H and O–H groups in total. The summed E-state index contributed by atoms with van der Waals surface area (Å²) in [5.41, 5.74) is 5.20. The van der Waals surface area contributed by atoms with Gasteiger partial charge in [-0.3, -0.25) is 16.1 Å². The lowest BCUT2D eigenvalue weighted by molar-refractivity contribution is 0.375. The molecule has 1 aromatic rings. The molecular weight excluding hydrogens is 230 g/mol. The summed E-state index contributed by atoms with van der Waals surface area (Å²) in [7, 11) is 0. The normalized spacial score (nSPS) is 15.3. The molecule has 0 aromatic carbocycles. The molecule has 7 nitrogen and oxygen atoms in total. The van der Waals surface area contributed by atoms with Crippen LogP contribution in [0.3, 0.4) is 0 Å². The van der Waals surface area contributed by atoms with E-state index in [2.05, 4.69) is 15.2 Å². The topological polar surface area (TPSA) is 105 Å². The van der Waals surface area contributed by atoms with Gasteiger partial charge in [0.05, 0.1) is 0 Å². The number of nitrogens with zero attached hydrogens (tertiary/aromatic N) is 3. The first-order chi connectivity index (χ1) is 8.66. The summed E-state index contributed by atoms with van der Waals surface area (Å²) in [5.74, 6) is 0.943. The van der Waals surface area contributed by atoms with E-state index in [1.54, 1.807) is 6.20 Å². The highest BCUT2D eigenvalue weighted by atomic mass is 15.4. The van der Waals surface area contributed by atoms with Gasteiger partial charge in [-0.15, -0.1) is 0 Å². The molecule has 0 amide bonds. The predicted molar refractivity (Wildman–Crippen MR) is 70.8 cm³/mol. The predicted octanol–water partition coefficient (Wildman–Crippen LogP) is -0.379. The molecule has 1 fully saturated rings. The van der Waals surface area contributed by atoms with Crippen molar-refractivity contribution in [2.75, 3.05) is 31.1 Å². The number of pyridine rings is 1. The molecule has 1 aliphatic heterocycles.